The largest absolute Gasteiger partial charge is 0.487 e. The molecule has 0 amide bonds. The van der Waals surface area contributed by atoms with Crippen LogP contribution in [0, 0.1) is 34.5 Å². The SMILES string of the molecule is C[C@]1(COC(=O)C2CC2)[C@@H]2CC[C@@]3(C)Oc4cc(-c5cccnc5)oc(=O)c4C[C@@H]3[C@@]2(C)CC[C@@H]1OC(=O)C1CC1. The Labute approximate surface area is 240 Å². The lowest BCUT2D eigenvalue weighted by Crippen LogP contribution is -2.65. The smallest absolute Gasteiger partial charge is 0.343 e. The van der Waals surface area contributed by atoms with Crippen molar-refractivity contribution in [3.8, 4) is 17.1 Å². The first kappa shape index (κ1) is 26.7. The van der Waals surface area contributed by atoms with Crippen LogP contribution in [0.5, 0.6) is 5.75 Å². The molecule has 7 rings (SSSR count). The average molecular weight is 562 g/mol. The summed E-state index contributed by atoms with van der Waals surface area (Å²) in [4.78, 5) is 43.0. The molecule has 0 radical (unpaired) electrons. The molecule has 0 saturated heterocycles. The molecule has 4 saturated carbocycles. The molecule has 0 N–H and O–H groups in total. The molecule has 218 valence electrons. The molecule has 8 nitrogen and oxygen atoms in total. The van der Waals surface area contributed by atoms with Gasteiger partial charge in [-0.2, -0.15) is 0 Å². The van der Waals surface area contributed by atoms with E-state index < -0.39 is 11.0 Å². The molecule has 0 unspecified atom stereocenters. The van der Waals surface area contributed by atoms with Gasteiger partial charge in [0.15, 0.2) is 0 Å². The van der Waals surface area contributed by atoms with Gasteiger partial charge >= 0.3 is 17.6 Å². The highest BCUT2D eigenvalue weighted by Crippen LogP contribution is 2.65. The van der Waals surface area contributed by atoms with Gasteiger partial charge in [0.25, 0.3) is 0 Å². The van der Waals surface area contributed by atoms with Crippen molar-refractivity contribution in [2.45, 2.75) is 90.3 Å². The number of hydrogen-bond acceptors (Lipinski definition) is 8. The number of rotatable bonds is 6. The van der Waals surface area contributed by atoms with Crippen molar-refractivity contribution in [3.63, 3.8) is 0 Å². The Kier molecular flexibility index (Phi) is 6.15. The zero-order valence-corrected chi connectivity index (χ0v) is 24.1. The molecule has 2 aromatic rings. The third-order valence-electron chi connectivity index (χ3n) is 11.0. The van der Waals surface area contributed by atoms with Crippen molar-refractivity contribution in [1.29, 1.82) is 0 Å². The first-order valence-electron chi connectivity index (χ1n) is 15.2. The van der Waals surface area contributed by atoms with E-state index in [2.05, 4.69) is 25.8 Å². The molecule has 5 aliphatic rings. The van der Waals surface area contributed by atoms with Crippen LogP contribution in [0.25, 0.3) is 11.3 Å². The number of carbonyl (C=O) groups excluding carboxylic acids is 2. The second kappa shape index (κ2) is 9.43. The van der Waals surface area contributed by atoms with Crippen molar-refractivity contribution < 1.29 is 28.2 Å². The van der Waals surface area contributed by atoms with Crippen LogP contribution in [0.15, 0.2) is 39.8 Å². The Bertz CT molecular complexity index is 1430. The molecule has 0 bridgehead atoms. The summed E-state index contributed by atoms with van der Waals surface area (Å²) in [6.45, 7) is 6.86. The minimum Gasteiger partial charge on any atom is -0.487 e. The van der Waals surface area contributed by atoms with Crippen LogP contribution < -0.4 is 10.4 Å². The summed E-state index contributed by atoms with van der Waals surface area (Å²) in [6, 6.07) is 5.51. The van der Waals surface area contributed by atoms with Gasteiger partial charge in [0.2, 0.25) is 0 Å². The second-order valence-electron chi connectivity index (χ2n) is 13.9. The van der Waals surface area contributed by atoms with Crippen LogP contribution in [0.2, 0.25) is 0 Å². The van der Waals surface area contributed by atoms with E-state index in [-0.39, 0.29) is 59.4 Å². The lowest BCUT2D eigenvalue weighted by Gasteiger charge is -2.64. The molecular formula is C33H39NO7. The van der Waals surface area contributed by atoms with Gasteiger partial charge in [-0.15, -0.1) is 0 Å². The van der Waals surface area contributed by atoms with Crippen molar-refractivity contribution in [3.05, 3.63) is 46.6 Å². The van der Waals surface area contributed by atoms with E-state index in [4.69, 9.17) is 18.6 Å². The summed E-state index contributed by atoms with van der Waals surface area (Å²) in [5.74, 6) is 0.981. The van der Waals surface area contributed by atoms with Crippen LogP contribution >= 0.6 is 0 Å². The first-order valence-corrected chi connectivity index (χ1v) is 15.2. The van der Waals surface area contributed by atoms with E-state index in [9.17, 15) is 14.4 Å². The Hall–Kier alpha value is -3.16. The fraction of sp³-hybridized carbons (Fsp3) is 0.636. The average Bonchev–Trinajstić information content (AvgIpc) is 3.86. The fourth-order valence-electron chi connectivity index (χ4n) is 8.36. The number of aromatic nitrogens is 1. The van der Waals surface area contributed by atoms with Crippen molar-refractivity contribution in [2.75, 3.05) is 6.61 Å². The first-order chi connectivity index (χ1) is 19.6. The molecule has 0 aromatic carbocycles. The summed E-state index contributed by atoms with van der Waals surface area (Å²) in [5, 5.41) is 0. The van der Waals surface area contributed by atoms with Gasteiger partial charge < -0.3 is 18.6 Å². The number of pyridine rings is 1. The molecule has 2 aromatic heterocycles. The minimum atomic E-state index is -0.529. The number of nitrogens with zero attached hydrogens (tertiary/aromatic N) is 1. The quantitative estimate of drug-likeness (QED) is 0.426. The van der Waals surface area contributed by atoms with Gasteiger partial charge in [0, 0.05) is 35.4 Å². The topological polar surface area (TPSA) is 105 Å². The molecule has 3 heterocycles. The Balaban J connectivity index is 1.21. The molecular weight excluding hydrogens is 522 g/mol. The third-order valence-corrected chi connectivity index (χ3v) is 11.0. The summed E-state index contributed by atoms with van der Waals surface area (Å²) in [6.07, 6.45) is 10.3. The van der Waals surface area contributed by atoms with Crippen molar-refractivity contribution >= 4 is 11.9 Å². The second-order valence-corrected chi connectivity index (χ2v) is 13.9. The molecule has 4 fully saturated rings. The van der Waals surface area contributed by atoms with E-state index in [0.29, 0.717) is 29.9 Å². The zero-order chi connectivity index (χ0) is 28.6. The lowest BCUT2D eigenvalue weighted by molar-refractivity contribution is -0.221. The Morgan fingerprint density at radius 2 is 1.76 bits per heavy atom. The molecule has 0 spiro atoms. The van der Waals surface area contributed by atoms with Gasteiger partial charge in [0.1, 0.15) is 29.8 Å². The highest BCUT2D eigenvalue weighted by molar-refractivity contribution is 5.75. The van der Waals surface area contributed by atoms with Crippen molar-refractivity contribution in [2.24, 2.45) is 34.5 Å². The van der Waals surface area contributed by atoms with Crippen LogP contribution in [0.3, 0.4) is 0 Å². The van der Waals surface area contributed by atoms with E-state index >= 15 is 0 Å². The highest BCUT2D eigenvalue weighted by atomic mass is 16.6. The van der Waals surface area contributed by atoms with Crippen molar-refractivity contribution in [1.82, 2.24) is 4.98 Å². The van der Waals surface area contributed by atoms with Gasteiger partial charge in [-0.3, -0.25) is 14.6 Å². The Morgan fingerprint density at radius 1 is 1.00 bits per heavy atom. The van der Waals surface area contributed by atoms with Crippen LogP contribution in [-0.2, 0) is 25.5 Å². The lowest BCUT2D eigenvalue weighted by atomic mass is 9.43. The predicted octanol–water partition coefficient (Wildman–Crippen LogP) is 5.50. The standard InChI is InChI=1S/C33H39NO7/c1-31-12-11-27(40-29(36)20-8-9-20)32(2,18-38-28(35)19-6-7-19)25(31)10-13-33(3)26(31)15-22-24(41-33)16-23(39-30(22)37)21-5-4-14-34-17-21/h4-5,14,16-17,19-20,25-27H,6-13,15,18H2,1-3H3/t25-,26-,27+,31+,32+,33-/m1/s1. The normalized spacial score (nSPS) is 35.7. The van der Waals surface area contributed by atoms with E-state index in [1.807, 2.05) is 18.2 Å². The number of carbonyl (C=O) groups is 2. The van der Waals surface area contributed by atoms with Gasteiger partial charge in [0.05, 0.1) is 17.4 Å². The summed E-state index contributed by atoms with van der Waals surface area (Å²) in [5.41, 5.74) is -0.287. The fourth-order valence-corrected chi connectivity index (χ4v) is 8.36. The number of esters is 2. The maximum absolute atomic E-state index is 13.3. The molecule has 8 heteroatoms. The molecule has 6 atom stereocenters. The van der Waals surface area contributed by atoms with Crippen LogP contribution in [0.1, 0.15) is 77.7 Å². The van der Waals surface area contributed by atoms with Gasteiger partial charge in [-0.1, -0.05) is 13.8 Å². The summed E-state index contributed by atoms with van der Waals surface area (Å²) in [7, 11) is 0. The van der Waals surface area contributed by atoms with E-state index in [0.717, 1.165) is 50.5 Å². The summed E-state index contributed by atoms with van der Waals surface area (Å²) < 4.78 is 24.7. The Morgan fingerprint density at radius 3 is 2.46 bits per heavy atom. The monoisotopic (exact) mass is 561 g/mol. The summed E-state index contributed by atoms with van der Waals surface area (Å²) >= 11 is 0. The van der Waals surface area contributed by atoms with Gasteiger partial charge in [-0.05, 0) is 88.2 Å². The maximum atomic E-state index is 13.3. The highest BCUT2D eigenvalue weighted by Gasteiger charge is 2.65. The maximum Gasteiger partial charge on any atom is 0.343 e. The van der Waals surface area contributed by atoms with E-state index in [1.165, 1.54) is 0 Å². The zero-order valence-electron chi connectivity index (χ0n) is 24.1. The molecule has 4 aliphatic carbocycles. The third kappa shape index (κ3) is 4.49. The minimum absolute atomic E-state index is 0.00900. The molecule has 1 aliphatic heterocycles. The number of hydrogen-bond donors (Lipinski definition) is 0. The van der Waals surface area contributed by atoms with E-state index in [1.54, 1.807) is 12.4 Å². The predicted molar refractivity (Wildman–Crippen MR) is 149 cm³/mol. The number of ether oxygens (including phenoxy) is 3. The van der Waals surface area contributed by atoms with Gasteiger partial charge in [-0.25, -0.2) is 4.79 Å². The van der Waals surface area contributed by atoms with Crippen LogP contribution in [0.4, 0.5) is 0 Å². The number of fused-ring (bicyclic) bond motifs is 4. The molecule has 41 heavy (non-hydrogen) atoms. The van der Waals surface area contributed by atoms with Crippen LogP contribution in [-0.4, -0.2) is 35.2 Å².